The molecule has 0 spiro atoms. The molecule has 410 valence electrons. The Balaban J connectivity index is 0.00000116. The number of hydrogen-bond acceptors (Lipinski definition) is 3. The van der Waals surface area contributed by atoms with Crippen LogP contribution in [-0.2, 0) is 17.3 Å². The number of rotatable bonds is 12. The molecule has 3 nitrogen and oxygen atoms in total. The molecule has 3 heteroatoms. The molecule has 1 aliphatic heterocycles. The Morgan fingerprint density at radius 3 is 1.79 bits per heavy atom. The van der Waals surface area contributed by atoms with Crippen LogP contribution in [0.3, 0.4) is 0 Å². The van der Waals surface area contributed by atoms with Crippen molar-refractivity contribution in [2.75, 3.05) is 14.2 Å². The van der Waals surface area contributed by atoms with Crippen LogP contribution in [0.25, 0.3) is 49.4 Å². The van der Waals surface area contributed by atoms with Crippen molar-refractivity contribution in [1.82, 2.24) is 4.90 Å². The number of nitrogens with zero attached hydrogens (tertiary/aromatic N) is 1. The average Bonchev–Trinajstić information content (AvgIpc) is 3.98. The molecule has 0 N–H and O–H groups in total. The second kappa shape index (κ2) is 26.7. The summed E-state index contributed by atoms with van der Waals surface area (Å²) >= 11 is 0. The molecule has 0 saturated carbocycles. The zero-order valence-corrected chi connectivity index (χ0v) is 51.2. The zero-order valence-electron chi connectivity index (χ0n) is 51.2. The number of ether oxygens (including phenoxy) is 1. The van der Waals surface area contributed by atoms with Crippen LogP contribution < -0.4 is 4.74 Å². The van der Waals surface area contributed by atoms with Crippen LogP contribution in [-0.4, -0.2) is 19.1 Å². The molecule has 7 aromatic carbocycles. The molecule has 1 aliphatic rings. The fourth-order valence-electron chi connectivity index (χ4n) is 11.0. The van der Waals surface area contributed by atoms with E-state index in [1.807, 2.05) is 27.7 Å². The largest absolute Gasteiger partial charge is 0.497 e. The fraction of sp³-hybridized carbons (Fsp3) is 0.360. The lowest BCUT2D eigenvalue weighted by Gasteiger charge is -2.31. The number of likely N-dealkylation sites (N-methyl/N-ethyl adjacent to an activating group) is 1. The molecule has 2 unspecified atom stereocenters. The summed E-state index contributed by atoms with van der Waals surface area (Å²) < 4.78 is 12.7. The Bertz CT molecular complexity index is 3350. The normalized spacial score (nSPS) is 15.4. The summed E-state index contributed by atoms with van der Waals surface area (Å²) in [6, 6.07) is 56.9. The Kier molecular flexibility index (Phi) is 20.7. The number of hydrogen-bond donors (Lipinski definition) is 0. The van der Waals surface area contributed by atoms with Gasteiger partial charge in [-0.3, -0.25) is 0 Å². The first-order chi connectivity index (χ1) is 37.4. The van der Waals surface area contributed by atoms with E-state index in [0.29, 0.717) is 0 Å². The summed E-state index contributed by atoms with van der Waals surface area (Å²) in [7, 11) is 4.08. The van der Waals surface area contributed by atoms with Gasteiger partial charge < -0.3 is 14.1 Å². The second-order valence-corrected chi connectivity index (χ2v) is 23.2. The maximum Gasteiger partial charge on any atom is 0.136 e. The van der Waals surface area contributed by atoms with E-state index in [0.717, 1.165) is 58.4 Å². The highest BCUT2D eigenvalue weighted by Gasteiger charge is 2.42. The van der Waals surface area contributed by atoms with E-state index in [-0.39, 0.29) is 22.8 Å². The lowest BCUT2D eigenvalue weighted by atomic mass is 9.79. The minimum Gasteiger partial charge on any atom is -0.497 e. The smallest absolute Gasteiger partial charge is 0.136 e. The van der Waals surface area contributed by atoms with Gasteiger partial charge >= 0.3 is 0 Å². The molecule has 1 aromatic heterocycles. The summed E-state index contributed by atoms with van der Waals surface area (Å²) in [5.74, 6) is 1.87. The van der Waals surface area contributed by atoms with Crippen molar-refractivity contribution in [2.45, 2.75) is 154 Å². The molecule has 0 amide bonds. The Labute approximate surface area is 471 Å². The third kappa shape index (κ3) is 13.3. The van der Waals surface area contributed by atoms with Gasteiger partial charge in [0.2, 0.25) is 0 Å². The lowest BCUT2D eigenvalue weighted by Crippen LogP contribution is -2.23. The number of benzene rings is 7. The molecule has 2 heterocycles. The summed E-state index contributed by atoms with van der Waals surface area (Å²) in [6.07, 6.45) is 7.31. The highest BCUT2D eigenvalue weighted by molar-refractivity contribution is 6.19. The number of furan rings is 1. The molecule has 0 bridgehead atoms. The van der Waals surface area contributed by atoms with E-state index in [1.54, 1.807) is 7.11 Å². The number of allylic oxidation sites excluding steroid dienone is 6. The maximum atomic E-state index is 6.94. The minimum absolute atomic E-state index is 0.0127. The van der Waals surface area contributed by atoms with Gasteiger partial charge in [-0.05, 0) is 147 Å². The van der Waals surface area contributed by atoms with Gasteiger partial charge in [0.1, 0.15) is 16.9 Å². The monoisotopic (exact) mass is 1040 g/mol. The predicted octanol–water partition coefficient (Wildman–Crippen LogP) is 21.9. The average molecular weight is 1040 g/mol. The van der Waals surface area contributed by atoms with Gasteiger partial charge in [-0.25, -0.2) is 0 Å². The predicted molar refractivity (Wildman–Crippen MR) is 343 cm³/mol. The Morgan fingerprint density at radius 1 is 0.667 bits per heavy atom. The molecule has 0 fully saturated rings. The van der Waals surface area contributed by atoms with Crippen molar-refractivity contribution in [3.63, 3.8) is 0 Å². The molecule has 78 heavy (non-hydrogen) atoms. The first-order valence-corrected chi connectivity index (χ1v) is 29.2. The van der Waals surface area contributed by atoms with Crippen molar-refractivity contribution >= 4 is 49.4 Å². The van der Waals surface area contributed by atoms with Gasteiger partial charge in [-0.15, -0.1) is 0 Å². The van der Waals surface area contributed by atoms with Crippen LogP contribution in [0.15, 0.2) is 185 Å². The molecular formula is C75H93NO2. The van der Waals surface area contributed by atoms with Crippen LogP contribution in [0.1, 0.15) is 174 Å². The zero-order chi connectivity index (χ0) is 57.1. The van der Waals surface area contributed by atoms with Crippen molar-refractivity contribution < 1.29 is 9.15 Å². The molecule has 8 aromatic rings. The molecule has 0 aliphatic carbocycles. The quantitative estimate of drug-likeness (QED) is 0.114. The van der Waals surface area contributed by atoms with E-state index in [9.17, 15) is 0 Å². The Morgan fingerprint density at radius 2 is 1.24 bits per heavy atom. The Hall–Kier alpha value is -6.84. The van der Waals surface area contributed by atoms with Crippen LogP contribution in [0.4, 0.5) is 0 Å². The number of methoxy groups -OCH3 is 1. The summed E-state index contributed by atoms with van der Waals surface area (Å²) in [5.41, 5.74) is 19.6. The molecule has 0 saturated heterocycles. The first-order valence-electron chi connectivity index (χ1n) is 29.2. The molecule has 2 atom stereocenters. The summed E-state index contributed by atoms with van der Waals surface area (Å²) in [4.78, 5) is 2.60. The van der Waals surface area contributed by atoms with Crippen molar-refractivity contribution in [3.8, 4) is 5.75 Å². The molecule has 0 radical (unpaired) electrons. The van der Waals surface area contributed by atoms with Gasteiger partial charge in [0, 0.05) is 35.0 Å². The van der Waals surface area contributed by atoms with E-state index in [1.165, 1.54) is 83.3 Å². The maximum absolute atomic E-state index is 6.94. The molecule has 9 rings (SSSR count). The fourth-order valence-corrected chi connectivity index (χ4v) is 11.0. The summed E-state index contributed by atoms with van der Waals surface area (Å²) in [6.45, 7) is 37.3. The SMILES string of the molecule is C/C=C/C(C(=C(/CC)Cc1ccc(C)cc1)/c1ccc(C(C)(C)C)cc1)=C(\C1=C(c2ccc(C(C)(C)C)cc2)C(CC)C(c2ccc(OC)cc2)N1C)c1ccc2c(c1)oc1ccc3ccccc3c12.CC.CC.CC(C)C. The van der Waals surface area contributed by atoms with Crippen molar-refractivity contribution in [1.29, 1.82) is 0 Å². The van der Waals surface area contributed by atoms with Crippen LogP contribution >= 0.6 is 0 Å². The first kappa shape index (κ1) is 60.4. The third-order valence-electron chi connectivity index (χ3n) is 14.9. The standard InChI is InChI=1S/C67H71NO2.C4H10.2C2H6/c1-13-18-57(60(47-25-33-51(34-26-47)66(5,6)7)45(14-2)41-44-23-21-43(4)22-24-44)62(50-31-39-56-59(42-50)70-58-40-32-46-19-16-17-20-55(46)63(56)58)65-61(48-27-35-52(36-28-48)67(8,9)10)54(15-3)64(68(65)11)49-29-37-53(69-12)38-30-49;1-4(2)3;2*1-2/h13,16-40,42,54,64H,14-15,41H2,1-12H3;4H,1-3H3;2*1-2H3/b18-13+,60-45-,62-57+;;;. The highest BCUT2D eigenvalue weighted by Crippen LogP contribution is 2.55. The number of fused-ring (bicyclic) bond motifs is 5. The van der Waals surface area contributed by atoms with Gasteiger partial charge in [0.25, 0.3) is 0 Å². The van der Waals surface area contributed by atoms with Crippen LogP contribution in [0.2, 0.25) is 0 Å². The minimum atomic E-state index is 0.0127. The third-order valence-corrected chi connectivity index (χ3v) is 14.9. The molecular weight excluding hydrogens is 947 g/mol. The van der Waals surface area contributed by atoms with Gasteiger partial charge in [-0.2, -0.15) is 0 Å². The van der Waals surface area contributed by atoms with E-state index in [2.05, 4.69) is 266 Å². The van der Waals surface area contributed by atoms with Gasteiger partial charge in [0.05, 0.1) is 13.2 Å². The van der Waals surface area contributed by atoms with Crippen LogP contribution in [0.5, 0.6) is 5.75 Å². The summed E-state index contributed by atoms with van der Waals surface area (Å²) in [5, 5.41) is 4.70. The van der Waals surface area contributed by atoms with E-state index in [4.69, 9.17) is 9.15 Å². The van der Waals surface area contributed by atoms with E-state index < -0.39 is 0 Å². The highest BCUT2D eigenvalue weighted by atomic mass is 16.5. The lowest BCUT2D eigenvalue weighted by molar-refractivity contribution is 0.292. The topological polar surface area (TPSA) is 25.6 Å². The number of aryl methyl sites for hydroxylation is 1. The van der Waals surface area contributed by atoms with Crippen molar-refractivity contribution in [2.24, 2.45) is 11.8 Å². The van der Waals surface area contributed by atoms with Crippen LogP contribution in [0, 0.1) is 18.8 Å². The van der Waals surface area contributed by atoms with Crippen molar-refractivity contribution in [3.05, 3.63) is 225 Å². The van der Waals surface area contributed by atoms with E-state index >= 15 is 0 Å². The van der Waals surface area contributed by atoms with Gasteiger partial charge in [0.15, 0.2) is 0 Å². The second-order valence-electron chi connectivity index (χ2n) is 23.2. The van der Waals surface area contributed by atoms with Gasteiger partial charge in [-0.1, -0.05) is 248 Å².